The Balaban J connectivity index is 7.48. The van der Waals surface area contributed by atoms with Crippen LogP contribution in [-0.2, 0) is 19.1 Å². The fraction of sp³-hybridized carbons (Fsp3) is 0.750. The number of carbonyl (C=O) groups excluding carboxylic acids is 2. The van der Waals surface area contributed by atoms with Gasteiger partial charge in [-0.1, -0.05) is 0 Å². The van der Waals surface area contributed by atoms with Gasteiger partial charge in [0.05, 0.1) is 14.2 Å². The predicted octanol–water partition coefficient (Wildman–Crippen LogP) is 6.84. The van der Waals surface area contributed by atoms with Crippen LogP contribution in [0.2, 0.25) is 0 Å². The average molecular weight is 680 g/mol. The smallest absolute Gasteiger partial charge is 0.460 e. The first-order valence-electron chi connectivity index (χ1n) is 9.04. The number of esters is 2. The van der Waals surface area contributed by atoms with Crippen molar-refractivity contribution in [3.8, 4) is 0 Å². The lowest BCUT2D eigenvalue weighted by Gasteiger charge is -2.44. The molecule has 4 nitrogen and oxygen atoms in total. The fourth-order valence-electron chi connectivity index (χ4n) is 2.32. The maximum absolute atomic E-state index is 14.0. The molecule has 248 valence electrons. The van der Waals surface area contributed by atoms with E-state index in [2.05, 4.69) is 9.47 Å². The molecule has 0 bridgehead atoms. The third-order valence-corrected chi connectivity index (χ3v) is 4.78. The van der Waals surface area contributed by atoms with E-state index in [0.717, 1.165) is 0 Å². The molecule has 0 fully saturated rings. The minimum atomic E-state index is -9.44. The normalized spacial score (nSPS) is 15.3. The maximum atomic E-state index is 14.0. The molecule has 0 aromatic rings. The van der Waals surface area contributed by atoms with Crippen molar-refractivity contribution >= 4 is 11.9 Å². The van der Waals surface area contributed by atoms with Crippen LogP contribution in [0.1, 0.15) is 0 Å². The SMILES string of the molecule is COC(=O)C(C(=O)OC)=C(F)C(F)(F)C(F)(F)C(F)(F)C(F)(F)C(F)(F)C(F)(F)C(F)(F)C(F)(F)C(F)(F)C(F)(F)F. The molecule has 0 N–H and O–H groups in total. The Bertz CT molecular complexity index is 1070. The lowest BCUT2D eigenvalue weighted by molar-refractivity contribution is -0.473. The number of methoxy groups -OCH3 is 2. The Labute approximate surface area is 214 Å². The maximum Gasteiger partial charge on any atom is 0.460 e. The molecule has 0 aliphatic rings. The molecule has 0 aromatic heterocycles. The second kappa shape index (κ2) is 10.4. The zero-order valence-electron chi connectivity index (χ0n) is 18.9. The average Bonchev–Trinajstić information content (AvgIpc) is 2.81. The fourth-order valence-corrected chi connectivity index (χ4v) is 2.32. The quantitative estimate of drug-likeness (QED) is 0.0790. The minimum absolute atomic E-state index is 0.00149. The van der Waals surface area contributed by atoms with E-state index in [9.17, 15) is 106 Å². The molecule has 0 heterocycles. The largest absolute Gasteiger partial charge is 0.465 e. The van der Waals surface area contributed by atoms with Crippen LogP contribution in [0, 0.1) is 0 Å². The number of rotatable bonds is 11. The molecular weight excluding hydrogens is 674 g/mol. The number of hydrogen-bond acceptors (Lipinski definition) is 4. The highest BCUT2D eigenvalue weighted by Gasteiger charge is 2.98. The van der Waals surface area contributed by atoms with Gasteiger partial charge in [0.15, 0.2) is 11.4 Å². The van der Waals surface area contributed by atoms with Crippen molar-refractivity contribution in [1.82, 2.24) is 0 Å². The first kappa shape index (κ1) is 39.1. The second-order valence-electron chi connectivity index (χ2n) is 7.34. The standard InChI is InChI=1S/C16H6F22O4/c1-41-5(39)3(6(40)42-2)4(17)7(18,19)8(20,21)9(22,23)10(24,25)11(26,27)12(28,29)13(30,31)14(32,33)15(34,35)16(36,37)38/h1-2H3. The van der Waals surface area contributed by atoms with E-state index in [1.54, 1.807) is 0 Å². The summed E-state index contributed by atoms with van der Waals surface area (Å²) in [5.74, 6) is -91.4. The van der Waals surface area contributed by atoms with Gasteiger partial charge < -0.3 is 9.47 Å². The van der Waals surface area contributed by atoms with E-state index in [1.807, 2.05) is 0 Å². The third-order valence-electron chi connectivity index (χ3n) is 4.78. The van der Waals surface area contributed by atoms with Crippen LogP contribution in [-0.4, -0.2) is 85.6 Å². The summed E-state index contributed by atoms with van der Waals surface area (Å²) >= 11 is 0. The molecule has 0 saturated carbocycles. The number of ether oxygens (including phenoxy) is 2. The van der Waals surface area contributed by atoms with Crippen molar-refractivity contribution in [3.05, 3.63) is 11.4 Å². The van der Waals surface area contributed by atoms with Crippen LogP contribution < -0.4 is 0 Å². The van der Waals surface area contributed by atoms with Crippen molar-refractivity contribution in [3.63, 3.8) is 0 Å². The van der Waals surface area contributed by atoms with Crippen LogP contribution in [0.4, 0.5) is 96.6 Å². The number of hydrogen-bond donors (Lipinski definition) is 0. The Morgan fingerprint density at radius 3 is 0.833 bits per heavy atom. The third kappa shape index (κ3) is 4.84. The summed E-state index contributed by atoms with van der Waals surface area (Å²) in [7, 11) is -0.00299. The van der Waals surface area contributed by atoms with Gasteiger partial charge in [0.1, 0.15) is 0 Å². The van der Waals surface area contributed by atoms with Gasteiger partial charge in [-0.3, -0.25) is 0 Å². The summed E-state index contributed by atoms with van der Waals surface area (Å²) in [6.45, 7) is 0. The molecule has 0 aliphatic carbocycles. The van der Waals surface area contributed by atoms with Crippen LogP contribution in [0.15, 0.2) is 11.4 Å². The van der Waals surface area contributed by atoms with Crippen molar-refractivity contribution in [2.75, 3.05) is 14.2 Å². The summed E-state index contributed by atoms with van der Waals surface area (Å²) in [4.78, 5) is 22.3. The summed E-state index contributed by atoms with van der Waals surface area (Å²) in [6, 6.07) is 0. The highest BCUT2D eigenvalue weighted by molar-refractivity contribution is 6.14. The molecule has 0 aliphatic heterocycles. The van der Waals surface area contributed by atoms with Crippen LogP contribution in [0.3, 0.4) is 0 Å². The first-order chi connectivity index (χ1) is 18.0. The molecule has 0 aromatic carbocycles. The van der Waals surface area contributed by atoms with Crippen LogP contribution in [0.25, 0.3) is 0 Å². The van der Waals surface area contributed by atoms with Crippen LogP contribution >= 0.6 is 0 Å². The molecule has 0 amide bonds. The predicted molar refractivity (Wildman–Crippen MR) is 82.7 cm³/mol. The molecule has 0 atom stereocenters. The molecule has 26 heteroatoms. The van der Waals surface area contributed by atoms with Gasteiger partial charge in [0.2, 0.25) is 0 Å². The molecule has 0 unspecified atom stereocenters. The van der Waals surface area contributed by atoms with Gasteiger partial charge in [-0.05, 0) is 0 Å². The van der Waals surface area contributed by atoms with E-state index in [4.69, 9.17) is 0 Å². The van der Waals surface area contributed by atoms with Gasteiger partial charge in [-0.15, -0.1) is 0 Å². The second-order valence-corrected chi connectivity index (χ2v) is 7.34. The summed E-state index contributed by atoms with van der Waals surface area (Å²) in [5, 5.41) is 0. The number of allylic oxidation sites excluding steroid dienone is 1. The molecule has 0 spiro atoms. The highest BCUT2D eigenvalue weighted by atomic mass is 19.4. The summed E-state index contributed by atoms with van der Waals surface area (Å²) in [5.41, 5.74) is -3.23. The topological polar surface area (TPSA) is 52.6 Å². The summed E-state index contributed by atoms with van der Waals surface area (Å²) in [6.07, 6.45) is -8.12. The number of alkyl halides is 21. The Morgan fingerprint density at radius 2 is 0.619 bits per heavy atom. The minimum Gasteiger partial charge on any atom is -0.465 e. The lowest BCUT2D eigenvalue weighted by Crippen LogP contribution is -2.76. The Kier molecular flexibility index (Phi) is 9.69. The van der Waals surface area contributed by atoms with E-state index in [-0.39, 0.29) is 14.2 Å². The zero-order valence-corrected chi connectivity index (χ0v) is 18.9. The Hall–Kier alpha value is -2.86. The number of carbonyl (C=O) groups is 2. The first-order valence-corrected chi connectivity index (χ1v) is 9.04. The van der Waals surface area contributed by atoms with E-state index < -0.39 is 82.8 Å². The molecule has 0 rings (SSSR count). The van der Waals surface area contributed by atoms with Gasteiger partial charge >= 0.3 is 71.4 Å². The van der Waals surface area contributed by atoms with E-state index >= 15 is 0 Å². The molecular formula is C16H6F22O4. The van der Waals surface area contributed by atoms with Gasteiger partial charge in [0, 0.05) is 0 Å². The van der Waals surface area contributed by atoms with Gasteiger partial charge in [-0.25, -0.2) is 14.0 Å². The van der Waals surface area contributed by atoms with Crippen molar-refractivity contribution in [2.24, 2.45) is 0 Å². The molecule has 0 radical (unpaired) electrons. The van der Waals surface area contributed by atoms with E-state index in [0.29, 0.717) is 0 Å². The Morgan fingerprint density at radius 1 is 0.405 bits per heavy atom. The lowest BCUT2D eigenvalue weighted by atomic mass is 9.86. The van der Waals surface area contributed by atoms with Crippen molar-refractivity contribution < 1.29 is 116 Å². The molecule has 0 saturated heterocycles. The van der Waals surface area contributed by atoms with Crippen molar-refractivity contribution in [2.45, 2.75) is 59.5 Å². The molecule has 42 heavy (non-hydrogen) atoms. The van der Waals surface area contributed by atoms with Gasteiger partial charge in [-0.2, -0.15) is 92.2 Å². The van der Waals surface area contributed by atoms with E-state index in [1.165, 1.54) is 0 Å². The zero-order chi connectivity index (χ0) is 34.7. The van der Waals surface area contributed by atoms with Crippen LogP contribution in [0.5, 0.6) is 0 Å². The number of halogens is 22. The highest BCUT2D eigenvalue weighted by Crippen LogP contribution is 2.66. The van der Waals surface area contributed by atoms with Crippen molar-refractivity contribution in [1.29, 1.82) is 0 Å². The monoisotopic (exact) mass is 680 g/mol. The summed E-state index contributed by atoms with van der Waals surface area (Å²) < 4.78 is 301. The van der Waals surface area contributed by atoms with Gasteiger partial charge in [0.25, 0.3) is 0 Å².